The molecule has 0 radical (unpaired) electrons. The van der Waals surface area contributed by atoms with Crippen LogP contribution in [0.1, 0.15) is 49.0 Å². The van der Waals surface area contributed by atoms with E-state index in [0.29, 0.717) is 55.8 Å². The highest BCUT2D eigenvalue weighted by Crippen LogP contribution is 2.44. The third kappa shape index (κ3) is 10.4. The van der Waals surface area contributed by atoms with Crippen molar-refractivity contribution in [3.8, 4) is 17.2 Å². The highest BCUT2D eigenvalue weighted by Gasteiger charge is 2.34. The molecule has 2 fully saturated rings. The number of aromatic amines is 1. The van der Waals surface area contributed by atoms with E-state index in [-0.39, 0.29) is 41.4 Å². The first-order chi connectivity index (χ1) is 32.2. The minimum Gasteiger partial charge on any atom is -0.489 e. The number of rotatable bonds is 12. The van der Waals surface area contributed by atoms with E-state index in [9.17, 15) is 28.1 Å². The number of hydrogen-bond donors (Lipinski definition) is 3. The van der Waals surface area contributed by atoms with Crippen molar-refractivity contribution in [1.82, 2.24) is 24.5 Å². The van der Waals surface area contributed by atoms with Crippen LogP contribution in [0.5, 0.6) is 17.2 Å². The van der Waals surface area contributed by atoms with Gasteiger partial charge in [0, 0.05) is 86.3 Å². The molecule has 0 unspecified atom stereocenters. The maximum Gasteiger partial charge on any atom is 0.409 e. The van der Waals surface area contributed by atoms with Crippen LogP contribution in [0.2, 0.25) is 5.02 Å². The third-order valence-electron chi connectivity index (χ3n) is 12.6. The third-order valence-corrected chi connectivity index (χ3v) is 14.2. The molecule has 67 heavy (non-hydrogen) atoms. The number of halogens is 1. The molecule has 4 aliphatic rings. The van der Waals surface area contributed by atoms with E-state index in [4.69, 9.17) is 30.5 Å². The van der Waals surface area contributed by atoms with Gasteiger partial charge in [-0.15, -0.1) is 0 Å². The number of fused-ring (bicyclic) bond motifs is 2. The number of morpholine rings is 1. The Bertz CT molecular complexity index is 2840. The van der Waals surface area contributed by atoms with E-state index >= 15 is 0 Å². The van der Waals surface area contributed by atoms with E-state index in [1.807, 2.05) is 18.2 Å². The molecule has 5 aromatic rings. The van der Waals surface area contributed by atoms with E-state index < -0.39 is 43.6 Å². The number of aromatic nitrogens is 2. The van der Waals surface area contributed by atoms with E-state index in [2.05, 4.69) is 55.8 Å². The number of nitro groups is 1. The van der Waals surface area contributed by atoms with E-state index in [1.54, 1.807) is 24.4 Å². The number of anilines is 2. The van der Waals surface area contributed by atoms with Crippen LogP contribution in [0.15, 0.2) is 89.6 Å². The summed E-state index contributed by atoms with van der Waals surface area (Å²) < 4.78 is 52.7. The Hall–Kier alpha value is -6.41. The monoisotopic (exact) mass is 954 g/mol. The maximum absolute atomic E-state index is 14.1. The molecule has 2 amide bonds. The van der Waals surface area contributed by atoms with Gasteiger partial charge >= 0.3 is 6.09 Å². The normalized spacial score (nSPS) is 18.7. The molecule has 18 nitrogen and oxygen atoms in total. The second kappa shape index (κ2) is 19.1. The van der Waals surface area contributed by atoms with Crippen LogP contribution in [0.3, 0.4) is 0 Å². The van der Waals surface area contributed by atoms with Gasteiger partial charge in [-0.3, -0.25) is 19.8 Å². The summed E-state index contributed by atoms with van der Waals surface area (Å²) in [4.78, 5) is 51.2. The molecule has 2 aromatic heterocycles. The van der Waals surface area contributed by atoms with Gasteiger partial charge in [0.05, 0.1) is 40.8 Å². The Kier molecular flexibility index (Phi) is 13.0. The molecule has 352 valence electrons. The summed E-state index contributed by atoms with van der Waals surface area (Å²) in [5, 5.41) is 16.7. The molecule has 5 heterocycles. The van der Waals surface area contributed by atoms with Crippen molar-refractivity contribution in [3.63, 3.8) is 0 Å². The predicted octanol–water partition coefficient (Wildman–Crippen LogP) is 7.46. The summed E-state index contributed by atoms with van der Waals surface area (Å²) in [5.41, 5.74) is 4.87. The van der Waals surface area contributed by atoms with Gasteiger partial charge in [-0.05, 0) is 72.2 Å². The number of allylic oxidation sites excluding steroid dienone is 1. The van der Waals surface area contributed by atoms with Crippen molar-refractivity contribution >= 4 is 67.3 Å². The number of piperazine rings is 1. The number of sulfonamides is 1. The summed E-state index contributed by atoms with van der Waals surface area (Å²) in [6, 6.07) is 17.9. The highest BCUT2D eigenvalue weighted by molar-refractivity contribution is 7.90. The van der Waals surface area contributed by atoms with Crippen LogP contribution in [0.25, 0.3) is 16.6 Å². The standard InChI is InChI=1S/C47H51ClN8O10S/c1-47(2)11-9-32(39(25-47)30-3-5-33(48)6-4-30)27-53-13-15-54(16-14-53)35-7-8-38(41(22-35)66-36-21-31-10-12-49-44(31)50-26-36)45(57)52-67(61,62)37-23-40(56(59)60)43-42(24-37)64-28-34(51-43)29-65-46(58)55-17-19-63-20-18-55/h3-8,10,12,21-24,26,34,51H,9,11,13-20,25,27-29H2,1-2H3,(H,49,50)(H,52,57)/t34-/m1/s1. The predicted molar refractivity (Wildman–Crippen MR) is 252 cm³/mol. The Morgan fingerprint density at radius 2 is 1.79 bits per heavy atom. The molecule has 0 saturated carbocycles. The average molecular weight is 955 g/mol. The van der Waals surface area contributed by atoms with Crippen molar-refractivity contribution in [3.05, 3.63) is 111 Å². The first-order valence-electron chi connectivity index (χ1n) is 22.2. The number of hydrogen-bond acceptors (Lipinski definition) is 14. The number of nitrogens with zero attached hydrogens (tertiary/aromatic N) is 5. The largest absolute Gasteiger partial charge is 0.489 e. The second-order valence-electron chi connectivity index (χ2n) is 17.9. The lowest BCUT2D eigenvalue weighted by atomic mass is 9.72. The number of carbonyl (C=O) groups excluding carboxylic acids is 2. The van der Waals surface area contributed by atoms with Gasteiger partial charge in [-0.1, -0.05) is 43.2 Å². The molecule has 3 N–H and O–H groups in total. The molecule has 1 aliphatic carbocycles. The zero-order chi connectivity index (χ0) is 46.9. The fourth-order valence-electron chi connectivity index (χ4n) is 8.89. The number of H-pyrrole nitrogens is 1. The molecular weight excluding hydrogens is 904 g/mol. The van der Waals surface area contributed by atoms with Crippen molar-refractivity contribution in [2.24, 2.45) is 5.41 Å². The Morgan fingerprint density at radius 1 is 1.01 bits per heavy atom. The SMILES string of the molecule is CC1(C)CCC(CN2CCN(c3ccc(C(=O)NS(=O)(=O)c4cc5c(c([N+](=O)[O-])c4)N[C@@H](COC(=O)N4CCOCC4)CO5)c(Oc4cnc5[nH]ccc5c4)c3)CC2)=C(c2ccc(Cl)cc2)C1. The Balaban J connectivity index is 0.919. The quantitative estimate of drug-likeness (QED) is 0.0819. The number of carbonyl (C=O) groups is 2. The lowest BCUT2D eigenvalue weighted by Crippen LogP contribution is -2.47. The summed E-state index contributed by atoms with van der Waals surface area (Å²) in [6.07, 6.45) is 5.83. The molecular formula is C47H51ClN8O10S. The number of benzene rings is 3. The van der Waals surface area contributed by atoms with Crippen molar-refractivity contribution in [2.75, 3.05) is 82.5 Å². The van der Waals surface area contributed by atoms with Gasteiger partial charge in [0.15, 0.2) is 11.4 Å². The molecule has 0 spiro atoms. The second-order valence-corrected chi connectivity index (χ2v) is 20.0. The van der Waals surface area contributed by atoms with Gasteiger partial charge in [-0.25, -0.2) is 22.9 Å². The van der Waals surface area contributed by atoms with Crippen molar-refractivity contribution < 1.29 is 41.9 Å². The summed E-state index contributed by atoms with van der Waals surface area (Å²) in [7, 11) is -4.73. The fourth-order valence-corrected chi connectivity index (χ4v) is 10.0. The number of nitrogens with one attached hydrogen (secondary N) is 3. The van der Waals surface area contributed by atoms with Gasteiger partial charge in [-0.2, -0.15) is 0 Å². The summed E-state index contributed by atoms with van der Waals surface area (Å²) >= 11 is 6.25. The molecule has 0 bridgehead atoms. The molecule has 9 rings (SSSR count). The zero-order valence-electron chi connectivity index (χ0n) is 37.1. The lowest BCUT2D eigenvalue weighted by molar-refractivity contribution is -0.384. The minimum absolute atomic E-state index is 0.0798. The fraction of sp³-hybridized carbons (Fsp3) is 0.383. The van der Waals surface area contributed by atoms with Crippen LogP contribution in [0.4, 0.5) is 21.9 Å². The topological polar surface area (TPSA) is 211 Å². The van der Waals surface area contributed by atoms with Crippen LogP contribution in [0, 0.1) is 15.5 Å². The van der Waals surface area contributed by atoms with Crippen LogP contribution >= 0.6 is 11.6 Å². The molecule has 3 aliphatic heterocycles. The average Bonchev–Trinajstić information content (AvgIpc) is 3.79. The van der Waals surface area contributed by atoms with E-state index in [0.717, 1.165) is 62.1 Å². The molecule has 1 atom stereocenters. The molecule has 3 aromatic carbocycles. The molecule has 20 heteroatoms. The zero-order valence-corrected chi connectivity index (χ0v) is 38.7. The lowest BCUT2D eigenvalue weighted by Gasteiger charge is -2.39. The van der Waals surface area contributed by atoms with Crippen LogP contribution < -0.4 is 24.4 Å². The maximum atomic E-state index is 14.1. The van der Waals surface area contributed by atoms with Crippen LogP contribution in [-0.4, -0.2) is 123 Å². The number of ether oxygens (including phenoxy) is 4. The van der Waals surface area contributed by atoms with Gasteiger partial charge in [0.1, 0.15) is 30.4 Å². The van der Waals surface area contributed by atoms with Gasteiger partial charge < -0.3 is 39.0 Å². The first-order valence-corrected chi connectivity index (χ1v) is 24.0. The van der Waals surface area contributed by atoms with E-state index in [1.165, 1.54) is 33.9 Å². The minimum atomic E-state index is -4.73. The first kappa shape index (κ1) is 45.7. The molecule has 2 saturated heterocycles. The van der Waals surface area contributed by atoms with Gasteiger partial charge in [0.2, 0.25) is 0 Å². The van der Waals surface area contributed by atoms with Crippen LogP contribution in [-0.2, 0) is 19.5 Å². The Morgan fingerprint density at radius 3 is 2.55 bits per heavy atom. The van der Waals surface area contributed by atoms with Gasteiger partial charge in [0.25, 0.3) is 21.6 Å². The number of amides is 2. The van der Waals surface area contributed by atoms with Crippen molar-refractivity contribution in [2.45, 2.75) is 44.0 Å². The number of nitro benzene ring substituents is 1. The summed E-state index contributed by atoms with van der Waals surface area (Å²) in [5.74, 6) is -0.754. The van der Waals surface area contributed by atoms with Crippen molar-refractivity contribution in [1.29, 1.82) is 0 Å². The highest BCUT2D eigenvalue weighted by atomic mass is 35.5. The summed E-state index contributed by atoms with van der Waals surface area (Å²) in [6.45, 7) is 9.75. The number of pyridine rings is 1. The Labute approximate surface area is 392 Å². The smallest absolute Gasteiger partial charge is 0.409 e.